The molecule has 1 aromatic rings. The molecule has 0 bridgehead atoms. The van der Waals surface area contributed by atoms with Gasteiger partial charge in [-0.05, 0) is 30.0 Å². The molecule has 0 saturated carbocycles. The highest BCUT2D eigenvalue weighted by molar-refractivity contribution is 5.92. The molecule has 0 aliphatic carbocycles. The van der Waals surface area contributed by atoms with Crippen LogP contribution < -0.4 is 11.1 Å². The van der Waals surface area contributed by atoms with Crippen molar-refractivity contribution in [1.82, 2.24) is 4.90 Å². The van der Waals surface area contributed by atoms with Gasteiger partial charge in [0, 0.05) is 24.8 Å². The van der Waals surface area contributed by atoms with Crippen LogP contribution in [0.1, 0.15) is 31.4 Å². The molecule has 1 aliphatic heterocycles. The van der Waals surface area contributed by atoms with E-state index in [9.17, 15) is 31.1 Å². The highest BCUT2D eigenvalue weighted by Gasteiger charge is 2.37. The predicted octanol–water partition coefficient (Wildman–Crippen LogP) is 4.14. The Morgan fingerprint density at radius 1 is 1.14 bits per heavy atom. The van der Waals surface area contributed by atoms with Gasteiger partial charge in [-0.15, -0.1) is 12.4 Å². The van der Waals surface area contributed by atoms with Crippen LogP contribution in [0, 0.1) is 5.41 Å². The molecule has 1 atom stereocenters. The van der Waals surface area contributed by atoms with Crippen molar-refractivity contribution in [2.75, 3.05) is 25.0 Å². The third-order valence-electron chi connectivity index (χ3n) is 4.63. The first-order valence-corrected chi connectivity index (χ1v) is 8.26. The molecule has 0 radical (unpaired) electrons. The summed E-state index contributed by atoms with van der Waals surface area (Å²) >= 11 is 0. The lowest BCUT2D eigenvalue weighted by atomic mass is 9.80. The first kappa shape index (κ1) is 24.5. The molecule has 1 unspecified atom stereocenters. The largest absolute Gasteiger partial charge is 0.416 e. The zero-order chi connectivity index (χ0) is 20.6. The molecule has 1 aromatic carbocycles. The van der Waals surface area contributed by atoms with Crippen LogP contribution >= 0.6 is 12.4 Å². The Morgan fingerprint density at radius 3 is 2.07 bits per heavy atom. The molecule has 28 heavy (non-hydrogen) atoms. The second kappa shape index (κ2) is 8.46. The van der Waals surface area contributed by atoms with E-state index in [-0.39, 0.29) is 36.5 Å². The molecule has 1 aliphatic rings. The summed E-state index contributed by atoms with van der Waals surface area (Å²) < 4.78 is 77.2. The summed E-state index contributed by atoms with van der Waals surface area (Å²) in [7, 11) is 0. The third kappa shape index (κ3) is 6.25. The average Bonchev–Trinajstić information content (AvgIpc) is 2.48. The van der Waals surface area contributed by atoms with E-state index >= 15 is 0 Å². The first-order chi connectivity index (χ1) is 12.2. The van der Waals surface area contributed by atoms with E-state index in [4.69, 9.17) is 5.73 Å². The smallest absolute Gasteiger partial charge is 0.327 e. The molecule has 0 aromatic heterocycles. The van der Waals surface area contributed by atoms with Crippen LogP contribution in [0.15, 0.2) is 18.2 Å². The van der Waals surface area contributed by atoms with E-state index in [2.05, 4.69) is 5.32 Å². The van der Waals surface area contributed by atoms with Crippen molar-refractivity contribution in [1.29, 1.82) is 0 Å². The predicted molar refractivity (Wildman–Crippen MR) is 95.1 cm³/mol. The Bertz CT molecular complexity index is 673. The lowest BCUT2D eigenvalue weighted by molar-refractivity contribution is -0.143. The van der Waals surface area contributed by atoms with Gasteiger partial charge < -0.3 is 11.1 Å². The van der Waals surface area contributed by atoms with Gasteiger partial charge >= 0.3 is 12.4 Å². The van der Waals surface area contributed by atoms with Gasteiger partial charge in [-0.3, -0.25) is 9.69 Å². The second-order valence-corrected chi connectivity index (χ2v) is 7.44. The normalized spacial score (nSPS) is 20.4. The van der Waals surface area contributed by atoms with Gasteiger partial charge in [0.1, 0.15) is 0 Å². The number of carbonyl (C=O) groups excluding carboxylic acids is 1. The summed E-state index contributed by atoms with van der Waals surface area (Å²) in [5, 5.41) is 2.14. The highest BCUT2D eigenvalue weighted by atomic mass is 35.5. The zero-order valence-corrected chi connectivity index (χ0v) is 16.1. The molecule has 1 heterocycles. The fraction of sp³-hybridized carbons (Fsp3) is 0.588. The average molecular weight is 434 g/mol. The molecule has 0 spiro atoms. The number of hydrogen-bond acceptors (Lipinski definition) is 3. The fourth-order valence-electron chi connectivity index (χ4n) is 3.05. The zero-order valence-electron chi connectivity index (χ0n) is 15.2. The summed E-state index contributed by atoms with van der Waals surface area (Å²) in [4.78, 5) is 13.9. The van der Waals surface area contributed by atoms with E-state index < -0.39 is 35.1 Å². The lowest BCUT2D eigenvalue weighted by Crippen LogP contribution is -2.53. The van der Waals surface area contributed by atoms with Crippen LogP contribution in [0.4, 0.5) is 32.0 Å². The third-order valence-corrected chi connectivity index (χ3v) is 4.63. The van der Waals surface area contributed by atoms with Crippen molar-refractivity contribution in [2.45, 2.75) is 38.7 Å². The van der Waals surface area contributed by atoms with E-state index in [1.807, 2.05) is 13.8 Å². The number of piperidine rings is 1. The second-order valence-electron chi connectivity index (χ2n) is 7.44. The summed E-state index contributed by atoms with van der Waals surface area (Å²) in [5.74, 6) is -0.686. The number of carbonyl (C=O) groups is 1. The molecular weight excluding hydrogens is 412 g/mol. The maximum absolute atomic E-state index is 12.9. The molecule has 11 heteroatoms. The Kier molecular flexibility index (Phi) is 7.41. The molecule has 3 N–H and O–H groups in total. The highest BCUT2D eigenvalue weighted by Crippen LogP contribution is 2.37. The minimum atomic E-state index is -4.96. The number of nitrogens with one attached hydrogen (secondary N) is 1. The molecule has 1 saturated heterocycles. The molecular formula is C17H22ClF6N3O. The monoisotopic (exact) mass is 433 g/mol. The lowest BCUT2D eigenvalue weighted by Gasteiger charge is -2.42. The Morgan fingerprint density at radius 2 is 1.64 bits per heavy atom. The number of halogens is 7. The van der Waals surface area contributed by atoms with Crippen molar-refractivity contribution < 1.29 is 31.1 Å². The first-order valence-electron chi connectivity index (χ1n) is 8.26. The van der Waals surface area contributed by atoms with E-state index in [1.54, 1.807) is 4.90 Å². The number of likely N-dealkylation sites (tertiary alicyclic amines) is 1. The van der Waals surface area contributed by atoms with E-state index in [1.165, 1.54) is 0 Å². The number of anilines is 1. The molecule has 4 nitrogen and oxygen atoms in total. The van der Waals surface area contributed by atoms with Gasteiger partial charge in [-0.25, -0.2) is 0 Å². The van der Waals surface area contributed by atoms with Crippen LogP contribution in [0.2, 0.25) is 0 Å². The number of nitrogens with two attached hydrogens (primary N) is 1. The van der Waals surface area contributed by atoms with Gasteiger partial charge in [0.25, 0.3) is 0 Å². The minimum absolute atomic E-state index is 0. The van der Waals surface area contributed by atoms with Crippen LogP contribution in [0.25, 0.3) is 0 Å². The van der Waals surface area contributed by atoms with Gasteiger partial charge in [0.2, 0.25) is 5.91 Å². The number of amides is 1. The Labute approximate surface area is 164 Å². The van der Waals surface area contributed by atoms with Gasteiger partial charge in [0.05, 0.1) is 17.7 Å². The molecule has 160 valence electrons. The maximum atomic E-state index is 12.9. The van der Waals surface area contributed by atoms with Crippen LogP contribution in [0.5, 0.6) is 0 Å². The molecule has 1 amide bonds. The Hall–Kier alpha value is -1.52. The van der Waals surface area contributed by atoms with Gasteiger partial charge in [0.15, 0.2) is 0 Å². The Balaban J connectivity index is 0.00000392. The van der Waals surface area contributed by atoms with Crippen molar-refractivity contribution in [2.24, 2.45) is 11.1 Å². The van der Waals surface area contributed by atoms with E-state index in [0.717, 1.165) is 0 Å². The van der Waals surface area contributed by atoms with Gasteiger partial charge in [-0.1, -0.05) is 13.8 Å². The number of alkyl halides is 6. The number of benzene rings is 1. The number of hydrogen-bond donors (Lipinski definition) is 2. The van der Waals surface area contributed by atoms with Crippen molar-refractivity contribution >= 4 is 24.0 Å². The quantitative estimate of drug-likeness (QED) is 0.704. The van der Waals surface area contributed by atoms with Crippen molar-refractivity contribution in [3.63, 3.8) is 0 Å². The number of nitrogens with zero attached hydrogens (tertiary/aromatic N) is 1. The summed E-state index contributed by atoms with van der Waals surface area (Å²) in [6.07, 6.45) is -9.29. The van der Waals surface area contributed by atoms with Crippen molar-refractivity contribution in [3.05, 3.63) is 29.3 Å². The van der Waals surface area contributed by atoms with Crippen LogP contribution in [-0.4, -0.2) is 36.5 Å². The van der Waals surface area contributed by atoms with Crippen LogP contribution in [0.3, 0.4) is 0 Å². The minimum Gasteiger partial charge on any atom is -0.327 e. The van der Waals surface area contributed by atoms with Gasteiger partial charge in [-0.2, -0.15) is 26.3 Å². The van der Waals surface area contributed by atoms with Crippen molar-refractivity contribution in [3.8, 4) is 0 Å². The fourth-order valence-corrected chi connectivity index (χ4v) is 3.05. The summed E-state index contributed by atoms with van der Waals surface area (Å²) in [6.45, 7) is 4.74. The SMILES string of the molecule is CC1(C)CN(CC(=O)Nc2cc(C(F)(F)F)cc(C(F)(F)F)c2)CCC1N.Cl. The maximum Gasteiger partial charge on any atom is 0.416 e. The standard InChI is InChI=1S/C17H21F6N3O.ClH/c1-15(2)9-26(4-3-13(15)24)8-14(27)25-12-6-10(16(18,19)20)5-11(7-12)17(21,22)23;/h5-7,13H,3-4,8-9,24H2,1-2H3,(H,25,27);1H. The summed E-state index contributed by atoms with van der Waals surface area (Å²) in [5.41, 5.74) is 2.26. The number of rotatable bonds is 3. The summed E-state index contributed by atoms with van der Waals surface area (Å²) in [6, 6.07) is 0.950. The van der Waals surface area contributed by atoms with Crippen LogP contribution in [-0.2, 0) is 17.1 Å². The molecule has 2 rings (SSSR count). The van der Waals surface area contributed by atoms with E-state index in [0.29, 0.717) is 31.6 Å². The molecule has 1 fully saturated rings. The topological polar surface area (TPSA) is 58.4 Å².